The molecule has 0 aliphatic carbocycles. The van der Waals surface area contributed by atoms with E-state index in [2.05, 4.69) is 5.32 Å². The maximum atomic E-state index is 12.6. The van der Waals surface area contributed by atoms with Crippen LogP contribution in [0.25, 0.3) is 0 Å². The van der Waals surface area contributed by atoms with E-state index in [0.29, 0.717) is 23.7 Å². The van der Waals surface area contributed by atoms with Crippen molar-refractivity contribution in [2.24, 2.45) is 0 Å². The Labute approximate surface area is 169 Å². The number of carbonyl (C=O) groups excluding carboxylic acids is 1. The normalized spacial score (nSPS) is 22.1. The molecule has 0 unspecified atom stereocenters. The summed E-state index contributed by atoms with van der Waals surface area (Å²) in [6.07, 6.45) is -0.755. The molecule has 3 rings (SSSR count). The molecule has 0 saturated carbocycles. The molecule has 1 fully saturated rings. The Morgan fingerprint density at radius 2 is 2.00 bits per heavy atom. The number of nitrogens with zero attached hydrogens (tertiary/aromatic N) is 1. The SMILES string of the molecule is COc1ccccc1CNC[C@@]1(O)CCN(C(=O)c2ccc(Cl)cc2)C[C@@H]1O. The summed E-state index contributed by atoms with van der Waals surface area (Å²) in [5.41, 5.74) is 0.188. The molecule has 28 heavy (non-hydrogen) atoms. The molecule has 7 heteroatoms. The van der Waals surface area contributed by atoms with Gasteiger partial charge in [-0.1, -0.05) is 29.8 Å². The zero-order valence-corrected chi connectivity index (χ0v) is 16.5. The summed E-state index contributed by atoms with van der Waals surface area (Å²) >= 11 is 5.86. The number of aliphatic hydroxyl groups excluding tert-OH is 1. The Balaban J connectivity index is 1.56. The number of hydrogen-bond donors (Lipinski definition) is 3. The highest BCUT2D eigenvalue weighted by molar-refractivity contribution is 6.30. The lowest BCUT2D eigenvalue weighted by atomic mass is 9.88. The van der Waals surface area contributed by atoms with Crippen molar-refractivity contribution in [2.45, 2.75) is 24.7 Å². The van der Waals surface area contributed by atoms with E-state index >= 15 is 0 Å². The summed E-state index contributed by atoms with van der Waals surface area (Å²) in [4.78, 5) is 14.2. The summed E-state index contributed by atoms with van der Waals surface area (Å²) < 4.78 is 5.32. The van der Waals surface area contributed by atoms with Crippen molar-refractivity contribution in [1.82, 2.24) is 10.2 Å². The van der Waals surface area contributed by atoms with Crippen LogP contribution in [0.15, 0.2) is 48.5 Å². The number of piperidine rings is 1. The van der Waals surface area contributed by atoms with Gasteiger partial charge < -0.3 is 25.2 Å². The molecule has 3 N–H and O–H groups in total. The first-order valence-corrected chi connectivity index (χ1v) is 9.58. The van der Waals surface area contributed by atoms with Crippen LogP contribution in [0.3, 0.4) is 0 Å². The van der Waals surface area contributed by atoms with Crippen LogP contribution in [0.5, 0.6) is 5.75 Å². The maximum Gasteiger partial charge on any atom is 0.253 e. The van der Waals surface area contributed by atoms with Gasteiger partial charge in [-0.25, -0.2) is 0 Å². The molecule has 1 heterocycles. The largest absolute Gasteiger partial charge is 0.496 e. The third-order valence-electron chi connectivity index (χ3n) is 5.15. The van der Waals surface area contributed by atoms with E-state index in [1.54, 1.807) is 36.3 Å². The van der Waals surface area contributed by atoms with Crippen LogP contribution in [0.1, 0.15) is 22.3 Å². The molecular formula is C21H25ClN2O4. The minimum absolute atomic E-state index is 0.0777. The number of aliphatic hydroxyl groups is 2. The summed E-state index contributed by atoms with van der Waals surface area (Å²) in [5.74, 6) is 0.589. The average Bonchev–Trinajstić information content (AvgIpc) is 2.70. The number of halogens is 1. The van der Waals surface area contributed by atoms with E-state index in [4.69, 9.17) is 16.3 Å². The number of methoxy groups -OCH3 is 1. The zero-order valence-electron chi connectivity index (χ0n) is 15.8. The number of nitrogens with one attached hydrogen (secondary N) is 1. The van der Waals surface area contributed by atoms with Gasteiger partial charge in [0.05, 0.1) is 7.11 Å². The zero-order chi connectivity index (χ0) is 20.1. The van der Waals surface area contributed by atoms with Crippen LogP contribution in [-0.4, -0.2) is 59.5 Å². The molecule has 2 aromatic carbocycles. The summed E-state index contributed by atoms with van der Waals surface area (Å²) in [6, 6.07) is 14.3. The van der Waals surface area contributed by atoms with Crippen LogP contribution in [0, 0.1) is 0 Å². The first kappa shape index (κ1) is 20.6. The Kier molecular flexibility index (Phi) is 6.57. The number of para-hydroxylation sites is 1. The lowest BCUT2D eigenvalue weighted by Gasteiger charge is -2.42. The average molecular weight is 405 g/mol. The minimum atomic E-state index is -1.29. The standard InChI is InChI=1S/C21H25ClN2O4/c1-28-18-5-3-2-4-16(18)12-23-14-21(27)10-11-24(13-19(21)25)20(26)15-6-8-17(22)9-7-15/h2-9,19,23,25,27H,10-14H2,1H3/t19-,21-/m0/s1. The van der Waals surface area contributed by atoms with E-state index in [1.807, 2.05) is 24.3 Å². The highest BCUT2D eigenvalue weighted by atomic mass is 35.5. The van der Waals surface area contributed by atoms with Crippen molar-refractivity contribution >= 4 is 17.5 Å². The molecule has 150 valence electrons. The number of ether oxygens (including phenoxy) is 1. The van der Waals surface area contributed by atoms with Crippen molar-refractivity contribution in [3.63, 3.8) is 0 Å². The number of likely N-dealkylation sites (tertiary alicyclic amines) is 1. The lowest BCUT2D eigenvalue weighted by molar-refractivity contribution is -0.110. The van der Waals surface area contributed by atoms with E-state index in [9.17, 15) is 15.0 Å². The van der Waals surface area contributed by atoms with Crippen molar-refractivity contribution < 1.29 is 19.7 Å². The number of benzene rings is 2. The molecule has 1 amide bonds. The van der Waals surface area contributed by atoms with Gasteiger partial charge in [-0.3, -0.25) is 4.79 Å². The van der Waals surface area contributed by atoms with Gasteiger partial charge in [0.1, 0.15) is 17.5 Å². The quantitative estimate of drug-likeness (QED) is 0.686. The highest BCUT2D eigenvalue weighted by Crippen LogP contribution is 2.24. The molecule has 0 radical (unpaired) electrons. The molecule has 6 nitrogen and oxygen atoms in total. The van der Waals surface area contributed by atoms with Gasteiger partial charge in [-0.2, -0.15) is 0 Å². The first-order chi connectivity index (χ1) is 13.4. The number of hydrogen-bond acceptors (Lipinski definition) is 5. The molecule has 0 bridgehead atoms. The van der Waals surface area contributed by atoms with Gasteiger partial charge in [0, 0.05) is 42.3 Å². The summed E-state index contributed by atoms with van der Waals surface area (Å²) in [7, 11) is 1.61. The number of β-amino-alcohol motifs (C(OH)–C–C–N with tert-alkyl or cyclic N) is 1. The van der Waals surface area contributed by atoms with Gasteiger partial charge >= 0.3 is 0 Å². The number of rotatable bonds is 6. The lowest BCUT2D eigenvalue weighted by Crippen LogP contribution is -2.60. The van der Waals surface area contributed by atoms with Crippen LogP contribution in [0.4, 0.5) is 0 Å². The van der Waals surface area contributed by atoms with Gasteiger partial charge in [-0.15, -0.1) is 0 Å². The third-order valence-corrected chi connectivity index (χ3v) is 5.40. The second-order valence-electron chi connectivity index (χ2n) is 7.04. The Morgan fingerprint density at radius 3 is 2.68 bits per heavy atom. The molecule has 0 aromatic heterocycles. The number of carbonyl (C=O) groups is 1. The Bertz CT molecular complexity index is 814. The number of amides is 1. The van der Waals surface area contributed by atoms with E-state index in [-0.39, 0.29) is 25.4 Å². The molecule has 1 saturated heterocycles. The van der Waals surface area contributed by atoms with Gasteiger partial charge in [0.25, 0.3) is 5.91 Å². The van der Waals surface area contributed by atoms with Gasteiger partial charge in [-0.05, 0) is 36.8 Å². The van der Waals surface area contributed by atoms with E-state index in [1.165, 1.54) is 0 Å². The van der Waals surface area contributed by atoms with Crippen molar-refractivity contribution in [3.05, 3.63) is 64.7 Å². The van der Waals surface area contributed by atoms with Crippen LogP contribution in [0.2, 0.25) is 5.02 Å². The first-order valence-electron chi connectivity index (χ1n) is 9.21. The van der Waals surface area contributed by atoms with Crippen LogP contribution < -0.4 is 10.1 Å². The second-order valence-corrected chi connectivity index (χ2v) is 7.48. The fourth-order valence-electron chi connectivity index (χ4n) is 3.39. The summed E-state index contributed by atoms with van der Waals surface area (Å²) in [6.45, 7) is 1.17. The molecule has 2 aromatic rings. The van der Waals surface area contributed by atoms with Crippen LogP contribution in [-0.2, 0) is 6.54 Å². The van der Waals surface area contributed by atoms with Gasteiger partial charge in [0.2, 0.25) is 0 Å². The molecule has 1 aliphatic heterocycles. The predicted octanol–water partition coefficient (Wildman–Crippen LogP) is 2.08. The molecule has 1 aliphatic rings. The van der Waals surface area contributed by atoms with Crippen molar-refractivity contribution in [3.8, 4) is 5.75 Å². The van der Waals surface area contributed by atoms with Crippen molar-refractivity contribution in [1.29, 1.82) is 0 Å². The predicted molar refractivity (Wildman–Crippen MR) is 108 cm³/mol. The Hall–Kier alpha value is -2.12. The fraction of sp³-hybridized carbons (Fsp3) is 0.381. The molecule has 2 atom stereocenters. The summed E-state index contributed by atoms with van der Waals surface area (Å²) in [5, 5.41) is 25.1. The molecular weight excluding hydrogens is 380 g/mol. The van der Waals surface area contributed by atoms with Gasteiger partial charge in [0.15, 0.2) is 0 Å². The topological polar surface area (TPSA) is 82.0 Å². The second kappa shape index (κ2) is 8.92. The van der Waals surface area contributed by atoms with E-state index in [0.717, 1.165) is 11.3 Å². The van der Waals surface area contributed by atoms with Crippen molar-refractivity contribution in [2.75, 3.05) is 26.7 Å². The van der Waals surface area contributed by atoms with E-state index < -0.39 is 11.7 Å². The third kappa shape index (κ3) is 4.64. The minimum Gasteiger partial charge on any atom is -0.496 e. The molecule has 0 spiro atoms. The highest BCUT2D eigenvalue weighted by Gasteiger charge is 2.41. The Morgan fingerprint density at radius 1 is 1.29 bits per heavy atom. The van der Waals surface area contributed by atoms with Crippen LogP contribution >= 0.6 is 11.6 Å². The maximum absolute atomic E-state index is 12.6. The monoisotopic (exact) mass is 404 g/mol. The fourth-order valence-corrected chi connectivity index (χ4v) is 3.52. The smallest absolute Gasteiger partial charge is 0.253 e.